The zero-order valence-corrected chi connectivity index (χ0v) is 10.5. The highest BCUT2D eigenvalue weighted by molar-refractivity contribution is 7.13. The molecule has 0 spiro atoms. The lowest BCUT2D eigenvalue weighted by molar-refractivity contribution is -0.139. The first kappa shape index (κ1) is 13.7. The molecule has 1 aromatic heterocycles. The van der Waals surface area contributed by atoms with Crippen molar-refractivity contribution < 1.29 is 19.4 Å². The van der Waals surface area contributed by atoms with Crippen molar-refractivity contribution in [2.24, 2.45) is 0 Å². The van der Waals surface area contributed by atoms with Crippen LogP contribution in [0.3, 0.4) is 0 Å². The highest BCUT2D eigenvalue weighted by Gasteiger charge is 2.20. The van der Waals surface area contributed by atoms with Crippen LogP contribution in [0.5, 0.6) is 0 Å². The summed E-state index contributed by atoms with van der Waals surface area (Å²) in [5, 5.41) is 11.4. The first-order chi connectivity index (χ1) is 8.04. The number of nitrogens with one attached hydrogen (secondary N) is 1. The van der Waals surface area contributed by atoms with Crippen LogP contribution >= 0.6 is 11.3 Å². The van der Waals surface area contributed by atoms with E-state index in [0.717, 1.165) is 4.88 Å². The summed E-state index contributed by atoms with van der Waals surface area (Å²) in [7, 11) is 1.49. The number of rotatable bonds is 6. The molecule has 0 fully saturated rings. The second kappa shape index (κ2) is 6.36. The van der Waals surface area contributed by atoms with Gasteiger partial charge in [0.15, 0.2) is 0 Å². The van der Waals surface area contributed by atoms with E-state index in [4.69, 9.17) is 9.84 Å². The average molecular weight is 257 g/mol. The molecule has 0 aliphatic heterocycles. The highest BCUT2D eigenvalue weighted by atomic mass is 32.1. The number of amides is 1. The molecular weight excluding hydrogens is 242 g/mol. The molecule has 0 aromatic carbocycles. The van der Waals surface area contributed by atoms with Gasteiger partial charge in [-0.15, -0.1) is 11.3 Å². The number of aliphatic carboxylic acids is 1. The van der Waals surface area contributed by atoms with Gasteiger partial charge in [-0.2, -0.15) is 0 Å². The summed E-state index contributed by atoms with van der Waals surface area (Å²) in [6.45, 7) is 2.18. The largest absolute Gasteiger partial charge is 0.480 e. The second-order valence-corrected chi connectivity index (χ2v) is 4.84. The Kier molecular flexibility index (Phi) is 5.11. The molecule has 0 bridgehead atoms. The lowest BCUT2D eigenvalue weighted by atomic mass is 10.2. The van der Waals surface area contributed by atoms with E-state index in [1.54, 1.807) is 6.07 Å². The van der Waals surface area contributed by atoms with Crippen LogP contribution in [0.15, 0.2) is 12.1 Å². The molecule has 1 heterocycles. The van der Waals surface area contributed by atoms with Crippen molar-refractivity contribution in [2.45, 2.75) is 19.4 Å². The minimum Gasteiger partial charge on any atom is -0.480 e. The standard InChI is InChI=1S/C11H15NO4S/c1-7-3-4-9(17-7)10(13)12-8(11(14)15)5-6-16-2/h3-4,8H,5-6H2,1-2H3,(H,12,13)(H,14,15). The molecule has 1 atom stereocenters. The van der Waals surface area contributed by atoms with Crippen molar-refractivity contribution in [2.75, 3.05) is 13.7 Å². The normalized spacial score (nSPS) is 12.1. The summed E-state index contributed by atoms with van der Waals surface area (Å²) in [6.07, 6.45) is 0.252. The zero-order valence-electron chi connectivity index (χ0n) is 9.73. The Bertz CT molecular complexity index is 402. The first-order valence-electron chi connectivity index (χ1n) is 5.13. The van der Waals surface area contributed by atoms with Crippen molar-refractivity contribution in [1.82, 2.24) is 5.32 Å². The number of aryl methyl sites for hydroxylation is 1. The lowest BCUT2D eigenvalue weighted by Gasteiger charge is -2.13. The summed E-state index contributed by atoms with van der Waals surface area (Å²) >= 11 is 1.34. The molecule has 1 unspecified atom stereocenters. The van der Waals surface area contributed by atoms with E-state index in [1.165, 1.54) is 18.4 Å². The van der Waals surface area contributed by atoms with Crippen LogP contribution in [0.2, 0.25) is 0 Å². The Labute approximate surface area is 103 Å². The van der Waals surface area contributed by atoms with E-state index in [-0.39, 0.29) is 12.3 Å². The van der Waals surface area contributed by atoms with E-state index >= 15 is 0 Å². The molecular formula is C11H15NO4S. The smallest absolute Gasteiger partial charge is 0.326 e. The molecule has 0 saturated carbocycles. The summed E-state index contributed by atoms with van der Waals surface area (Å²) in [4.78, 5) is 24.2. The Morgan fingerprint density at radius 3 is 2.71 bits per heavy atom. The number of thiophene rings is 1. The Balaban J connectivity index is 2.60. The minimum absolute atomic E-state index is 0.252. The van der Waals surface area contributed by atoms with Crippen molar-refractivity contribution >= 4 is 23.2 Å². The molecule has 0 radical (unpaired) electrons. The van der Waals surface area contributed by atoms with E-state index in [1.807, 2.05) is 13.0 Å². The molecule has 6 heteroatoms. The van der Waals surface area contributed by atoms with Gasteiger partial charge in [-0.25, -0.2) is 4.79 Å². The van der Waals surface area contributed by atoms with Crippen molar-refractivity contribution in [3.8, 4) is 0 Å². The van der Waals surface area contributed by atoms with Crippen LogP contribution in [0, 0.1) is 6.92 Å². The lowest BCUT2D eigenvalue weighted by Crippen LogP contribution is -2.41. The maximum absolute atomic E-state index is 11.7. The number of carboxylic acids is 1. The number of carbonyl (C=O) groups excluding carboxylic acids is 1. The van der Waals surface area contributed by atoms with E-state index < -0.39 is 12.0 Å². The maximum atomic E-state index is 11.7. The molecule has 2 N–H and O–H groups in total. The minimum atomic E-state index is -1.05. The SMILES string of the molecule is COCCC(NC(=O)c1ccc(C)s1)C(=O)O. The number of carbonyl (C=O) groups is 2. The van der Waals surface area contributed by atoms with Gasteiger partial charge in [-0.05, 0) is 19.1 Å². The molecule has 94 valence electrons. The molecule has 17 heavy (non-hydrogen) atoms. The van der Waals surface area contributed by atoms with Crippen LogP contribution < -0.4 is 5.32 Å². The predicted molar refractivity (Wildman–Crippen MR) is 64.4 cm³/mol. The fourth-order valence-electron chi connectivity index (χ4n) is 1.28. The maximum Gasteiger partial charge on any atom is 0.326 e. The summed E-state index contributed by atoms with van der Waals surface area (Å²) in [6, 6.07) is 2.60. The molecule has 0 aliphatic carbocycles. The summed E-state index contributed by atoms with van der Waals surface area (Å²) < 4.78 is 4.80. The van der Waals surface area contributed by atoms with Gasteiger partial charge in [0.2, 0.25) is 0 Å². The number of methoxy groups -OCH3 is 1. The fraction of sp³-hybridized carbons (Fsp3) is 0.455. The molecule has 1 rings (SSSR count). The second-order valence-electron chi connectivity index (χ2n) is 3.56. The van der Waals surface area contributed by atoms with Gasteiger partial charge in [0.05, 0.1) is 4.88 Å². The number of ether oxygens (including phenoxy) is 1. The third-order valence-corrected chi connectivity index (χ3v) is 3.18. The molecule has 5 nitrogen and oxygen atoms in total. The van der Waals surface area contributed by atoms with E-state index in [2.05, 4.69) is 5.32 Å². The van der Waals surface area contributed by atoms with Gasteiger partial charge in [-0.3, -0.25) is 4.79 Å². The van der Waals surface area contributed by atoms with E-state index in [0.29, 0.717) is 11.5 Å². The third-order valence-electron chi connectivity index (χ3n) is 2.18. The molecule has 0 aliphatic rings. The monoisotopic (exact) mass is 257 g/mol. The van der Waals surface area contributed by atoms with Gasteiger partial charge in [0.25, 0.3) is 5.91 Å². The molecule has 0 saturated heterocycles. The zero-order chi connectivity index (χ0) is 12.8. The van der Waals surface area contributed by atoms with Gasteiger partial charge in [0, 0.05) is 25.0 Å². The van der Waals surface area contributed by atoms with Crippen LogP contribution in [0.4, 0.5) is 0 Å². The van der Waals surface area contributed by atoms with Gasteiger partial charge in [0.1, 0.15) is 6.04 Å². The van der Waals surface area contributed by atoms with Crippen molar-refractivity contribution in [3.63, 3.8) is 0 Å². The average Bonchev–Trinajstić information content (AvgIpc) is 2.70. The quantitative estimate of drug-likeness (QED) is 0.805. The molecule has 1 aromatic rings. The van der Waals surface area contributed by atoms with Crippen LogP contribution in [0.25, 0.3) is 0 Å². The van der Waals surface area contributed by atoms with Gasteiger partial charge >= 0.3 is 5.97 Å². The number of hydrogen-bond donors (Lipinski definition) is 2. The topological polar surface area (TPSA) is 75.6 Å². The molecule has 1 amide bonds. The fourth-order valence-corrected chi connectivity index (χ4v) is 2.05. The van der Waals surface area contributed by atoms with Crippen molar-refractivity contribution in [3.05, 3.63) is 21.9 Å². The highest BCUT2D eigenvalue weighted by Crippen LogP contribution is 2.15. The van der Waals surface area contributed by atoms with E-state index in [9.17, 15) is 9.59 Å². The van der Waals surface area contributed by atoms with Crippen molar-refractivity contribution in [1.29, 1.82) is 0 Å². The predicted octanol–water partition coefficient (Wildman–Crippen LogP) is 1.28. The van der Waals surface area contributed by atoms with Gasteiger partial charge < -0.3 is 15.2 Å². The summed E-state index contributed by atoms with van der Waals surface area (Å²) in [5.74, 6) is -1.41. The van der Waals surface area contributed by atoms with Gasteiger partial charge in [-0.1, -0.05) is 0 Å². The number of carboxylic acid groups (broad SMARTS) is 1. The summed E-state index contributed by atoms with van der Waals surface area (Å²) in [5.41, 5.74) is 0. The Morgan fingerprint density at radius 1 is 1.53 bits per heavy atom. The van der Waals surface area contributed by atoms with Crippen LogP contribution in [-0.4, -0.2) is 36.7 Å². The first-order valence-corrected chi connectivity index (χ1v) is 5.95. The number of hydrogen-bond acceptors (Lipinski definition) is 4. The Hall–Kier alpha value is -1.40. The third kappa shape index (κ3) is 4.16. The van der Waals surface area contributed by atoms with Crippen LogP contribution in [0.1, 0.15) is 21.0 Å². The Morgan fingerprint density at radius 2 is 2.24 bits per heavy atom. The van der Waals surface area contributed by atoms with Crippen LogP contribution in [-0.2, 0) is 9.53 Å².